The Morgan fingerprint density at radius 1 is 1.60 bits per heavy atom. The molecule has 0 aliphatic carbocycles. The Labute approximate surface area is 90.9 Å². The summed E-state index contributed by atoms with van der Waals surface area (Å²) in [5.41, 5.74) is 5.64. The van der Waals surface area contributed by atoms with E-state index in [1.807, 2.05) is 5.38 Å². The van der Waals surface area contributed by atoms with Crippen molar-refractivity contribution in [3.8, 4) is 0 Å². The molecule has 1 heterocycles. The second-order valence-corrected chi connectivity index (χ2v) is 4.04. The first-order valence-corrected chi connectivity index (χ1v) is 5.22. The van der Waals surface area contributed by atoms with Crippen LogP contribution in [0.2, 0.25) is 0 Å². The average Bonchev–Trinajstić information content (AvgIpc) is 2.68. The number of hydrogen-bond acceptors (Lipinski definition) is 4. The van der Waals surface area contributed by atoms with Gasteiger partial charge < -0.3 is 16.2 Å². The highest BCUT2D eigenvalue weighted by molar-refractivity contribution is 7.10. The first-order chi connectivity index (χ1) is 7.02. The zero-order valence-corrected chi connectivity index (χ0v) is 8.95. The maximum atomic E-state index is 11.5. The van der Waals surface area contributed by atoms with Gasteiger partial charge in [-0.2, -0.15) is 0 Å². The van der Waals surface area contributed by atoms with E-state index in [1.54, 1.807) is 12.1 Å². The van der Waals surface area contributed by atoms with Gasteiger partial charge in [-0.25, -0.2) is 0 Å². The first kappa shape index (κ1) is 11.7. The van der Waals surface area contributed by atoms with Gasteiger partial charge in [0.2, 0.25) is 5.91 Å². The third kappa shape index (κ3) is 3.03. The molecule has 5 nitrogen and oxygen atoms in total. The fraction of sp³-hybridized carbons (Fsp3) is 0.333. The number of carboxylic acid groups (broad SMARTS) is 1. The van der Waals surface area contributed by atoms with Crippen molar-refractivity contribution in [2.75, 3.05) is 0 Å². The molecule has 0 aliphatic rings. The second-order valence-electron chi connectivity index (χ2n) is 3.06. The van der Waals surface area contributed by atoms with Crippen LogP contribution in [0.1, 0.15) is 17.8 Å². The summed E-state index contributed by atoms with van der Waals surface area (Å²) in [4.78, 5) is 22.7. The molecule has 0 saturated carbocycles. The third-order valence-electron chi connectivity index (χ3n) is 1.86. The van der Waals surface area contributed by atoms with Gasteiger partial charge in [0.25, 0.3) is 0 Å². The molecular formula is C9H12N2O3S. The maximum Gasteiger partial charge on any atom is 0.325 e. The van der Waals surface area contributed by atoms with E-state index in [2.05, 4.69) is 5.32 Å². The lowest BCUT2D eigenvalue weighted by Crippen LogP contribution is -2.42. The van der Waals surface area contributed by atoms with E-state index in [-0.39, 0.29) is 0 Å². The number of carboxylic acids is 1. The summed E-state index contributed by atoms with van der Waals surface area (Å²) in [6.07, 6.45) is 0. The average molecular weight is 228 g/mol. The van der Waals surface area contributed by atoms with Gasteiger partial charge >= 0.3 is 5.97 Å². The van der Waals surface area contributed by atoms with Gasteiger partial charge in [-0.3, -0.25) is 9.59 Å². The van der Waals surface area contributed by atoms with E-state index in [1.165, 1.54) is 18.3 Å². The van der Waals surface area contributed by atoms with Crippen LogP contribution in [-0.2, 0) is 9.59 Å². The van der Waals surface area contributed by atoms with E-state index in [0.717, 1.165) is 0 Å². The predicted octanol–water partition coefficient (Wildman–Crippen LogP) is 0.337. The molecule has 1 rings (SSSR count). The number of thiophene rings is 1. The lowest BCUT2D eigenvalue weighted by atomic mass is 10.2. The molecule has 0 spiro atoms. The normalized spacial score (nSPS) is 14.3. The van der Waals surface area contributed by atoms with Crippen LogP contribution in [-0.4, -0.2) is 23.0 Å². The summed E-state index contributed by atoms with van der Waals surface area (Å²) < 4.78 is 0. The highest BCUT2D eigenvalue weighted by Crippen LogP contribution is 2.16. The number of nitrogens with one attached hydrogen (secondary N) is 1. The van der Waals surface area contributed by atoms with Crippen molar-refractivity contribution in [3.05, 3.63) is 22.4 Å². The SMILES string of the molecule is C[C@@H](NC(=O)C(N)c1cccs1)C(=O)O. The van der Waals surface area contributed by atoms with Crippen LogP contribution in [0.15, 0.2) is 17.5 Å². The van der Waals surface area contributed by atoms with Crippen LogP contribution in [0, 0.1) is 0 Å². The summed E-state index contributed by atoms with van der Waals surface area (Å²) in [6.45, 7) is 1.39. The minimum atomic E-state index is -1.08. The zero-order valence-electron chi connectivity index (χ0n) is 8.14. The molecule has 1 unspecified atom stereocenters. The zero-order chi connectivity index (χ0) is 11.4. The lowest BCUT2D eigenvalue weighted by Gasteiger charge is -2.13. The van der Waals surface area contributed by atoms with E-state index < -0.39 is 24.0 Å². The Morgan fingerprint density at radius 3 is 2.73 bits per heavy atom. The summed E-state index contributed by atoms with van der Waals surface area (Å²) in [7, 11) is 0. The van der Waals surface area contributed by atoms with Crippen molar-refractivity contribution in [1.29, 1.82) is 0 Å². The van der Waals surface area contributed by atoms with Crippen molar-refractivity contribution < 1.29 is 14.7 Å². The molecule has 4 N–H and O–H groups in total. The van der Waals surface area contributed by atoms with Crippen LogP contribution in [0.4, 0.5) is 0 Å². The molecule has 0 bridgehead atoms. The highest BCUT2D eigenvalue weighted by atomic mass is 32.1. The van der Waals surface area contributed by atoms with Crippen LogP contribution >= 0.6 is 11.3 Å². The summed E-state index contributed by atoms with van der Waals surface area (Å²) in [5, 5.41) is 12.7. The predicted molar refractivity (Wildman–Crippen MR) is 56.5 cm³/mol. The summed E-state index contributed by atoms with van der Waals surface area (Å²) in [6, 6.07) is 1.80. The number of carbonyl (C=O) groups excluding carboxylic acids is 1. The van der Waals surface area contributed by atoms with Crippen molar-refractivity contribution in [3.63, 3.8) is 0 Å². The molecule has 1 amide bonds. The Balaban J connectivity index is 2.58. The minimum Gasteiger partial charge on any atom is -0.480 e. The molecule has 15 heavy (non-hydrogen) atoms. The number of amides is 1. The van der Waals surface area contributed by atoms with Crippen LogP contribution in [0.25, 0.3) is 0 Å². The monoisotopic (exact) mass is 228 g/mol. The molecule has 2 atom stereocenters. The first-order valence-electron chi connectivity index (χ1n) is 4.34. The van der Waals surface area contributed by atoms with Gasteiger partial charge in [0.05, 0.1) is 0 Å². The van der Waals surface area contributed by atoms with Gasteiger partial charge in [0.1, 0.15) is 12.1 Å². The topological polar surface area (TPSA) is 92.4 Å². The van der Waals surface area contributed by atoms with Gasteiger partial charge in [0.15, 0.2) is 0 Å². The van der Waals surface area contributed by atoms with Crippen molar-refractivity contribution in [2.24, 2.45) is 5.73 Å². The summed E-state index contributed by atoms with van der Waals surface area (Å²) in [5.74, 6) is -1.56. The fourth-order valence-electron chi connectivity index (χ4n) is 0.962. The number of aliphatic carboxylic acids is 1. The minimum absolute atomic E-state index is 0.479. The molecule has 1 aromatic heterocycles. The number of carbonyl (C=O) groups is 2. The molecule has 0 aromatic carbocycles. The van der Waals surface area contributed by atoms with Crippen LogP contribution in [0.3, 0.4) is 0 Å². The standard InChI is InChI=1S/C9H12N2O3S/c1-5(9(13)14)11-8(12)7(10)6-3-2-4-15-6/h2-5,7H,10H2,1H3,(H,11,12)(H,13,14)/t5-,7?/m1/s1. The number of nitrogens with two attached hydrogens (primary N) is 1. The Kier molecular flexibility index (Phi) is 3.81. The van der Waals surface area contributed by atoms with E-state index in [9.17, 15) is 9.59 Å². The quantitative estimate of drug-likeness (QED) is 0.692. The summed E-state index contributed by atoms with van der Waals surface area (Å²) >= 11 is 1.36. The van der Waals surface area contributed by atoms with Gasteiger partial charge in [-0.1, -0.05) is 6.07 Å². The molecule has 1 aromatic rings. The Hall–Kier alpha value is -1.40. The maximum absolute atomic E-state index is 11.5. The largest absolute Gasteiger partial charge is 0.480 e. The smallest absolute Gasteiger partial charge is 0.325 e. The molecule has 6 heteroatoms. The highest BCUT2D eigenvalue weighted by Gasteiger charge is 2.20. The molecule has 0 saturated heterocycles. The fourth-order valence-corrected chi connectivity index (χ4v) is 1.69. The van der Waals surface area contributed by atoms with Crippen LogP contribution < -0.4 is 11.1 Å². The molecule has 0 fully saturated rings. The van der Waals surface area contributed by atoms with Crippen molar-refractivity contribution in [1.82, 2.24) is 5.32 Å². The number of rotatable bonds is 4. The second kappa shape index (κ2) is 4.90. The van der Waals surface area contributed by atoms with E-state index in [0.29, 0.717) is 4.88 Å². The molecule has 82 valence electrons. The Morgan fingerprint density at radius 2 is 2.27 bits per heavy atom. The lowest BCUT2D eigenvalue weighted by molar-refractivity contribution is -0.141. The third-order valence-corrected chi connectivity index (χ3v) is 2.82. The van der Waals surface area contributed by atoms with Crippen molar-refractivity contribution >= 4 is 23.2 Å². The van der Waals surface area contributed by atoms with Gasteiger partial charge in [-0.15, -0.1) is 11.3 Å². The van der Waals surface area contributed by atoms with E-state index in [4.69, 9.17) is 10.8 Å². The van der Waals surface area contributed by atoms with Gasteiger partial charge in [-0.05, 0) is 18.4 Å². The molecule has 0 aliphatic heterocycles. The number of hydrogen-bond donors (Lipinski definition) is 3. The van der Waals surface area contributed by atoms with Crippen LogP contribution in [0.5, 0.6) is 0 Å². The van der Waals surface area contributed by atoms with E-state index >= 15 is 0 Å². The molecular weight excluding hydrogens is 216 g/mol. The van der Waals surface area contributed by atoms with Gasteiger partial charge in [0, 0.05) is 4.88 Å². The Bertz CT molecular complexity index is 350. The molecule has 0 radical (unpaired) electrons. The van der Waals surface area contributed by atoms with Crippen molar-refractivity contribution in [2.45, 2.75) is 19.0 Å².